The van der Waals surface area contributed by atoms with Gasteiger partial charge in [0, 0.05) is 30.7 Å². The minimum absolute atomic E-state index is 0.0642. The molecule has 8 heteroatoms. The van der Waals surface area contributed by atoms with Gasteiger partial charge in [-0.25, -0.2) is 0 Å². The van der Waals surface area contributed by atoms with Crippen LogP contribution in [0.2, 0.25) is 0 Å². The average Bonchev–Trinajstić information content (AvgIpc) is 3.59. The number of carbonyl (C=O) groups excluding carboxylic acids is 2. The van der Waals surface area contributed by atoms with Crippen molar-refractivity contribution in [2.45, 2.75) is 50.6 Å². The molecule has 2 fully saturated rings. The van der Waals surface area contributed by atoms with Crippen molar-refractivity contribution in [2.75, 3.05) is 29.1 Å². The highest BCUT2D eigenvalue weighted by molar-refractivity contribution is 7.99. The molecule has 4 rings (SSSR count). The molecule has 0 spiro atoms. The van der Waals surface area contributed by atoms with Crippen molar-refractivity contribution < 1.29 is 9.59 Å². The maximum atomic E-state index is 12.2. The smallest absolute Gasteiger partial charge is 0.234 e. The van der Waals surface area contributed by atoms with E-state index in [1.54, 1.807) is 0 Å². The summed E-state index contributed by atoms with van der Waals surface area (Å²) in [7, 11) is 0. The second-order valence-corrected chi connectivity index (χ2v) is 9.41. The summed E-state index contributed by atoms with van der Waals surface area (Å²) in [6.45, 7) is 5.69. The second-order valence-electron chi connectivity index (χ2n) is 8.41. The first-order valence-corrected chi connectivity index (χ1v) is 11.9. The lowest BCUT2D eigenvalue weighted by Gasteiger charge is -2.31. The molecule has 31 heavy (non-hydrogen) atoms. The van der Waals surface area contributed by atoms with Crippen molar-refractivity contribution in [3.05, 3.63) is 41.5 Å². The van der Waals surface area contributed by atoms with Gasteiger partial charge in [0.25, 0.3) is 0 Å². The second kappa shape index (κ2) is 9.68. The van der Waals surface area contributed by atoms with Crippen LogP contribution in [0.15, 0.2) is 35.4 Å². The molecule has 2 heterocycles. The van der Waals surface area contributed by atoms with E-state index >= 15 is 0 Å². The summed E-state index contributed by atoms with van der Waals surface area (Å²) in [6, 6.07) is 10.2. The zero-order chi connectivity index (χ0) is 21.8. The summed E-state index contributed by atoms with van der Waals surface area (Å²) in [5.74, 6) is 1.35. The molecule has 1 saturated heterocycles. The Morgan fingerprint density at radius 3 is 2.45 bits per heavy atom. The van der Waals surface area contributed by atoms with Gasteiger partial charge in [-0.2, -0.15) is 0 Å². The van der Waals surface area contributed by atoms with Crippen molar-refractivity contribution in [2.24, 2.45) is 5.92 Å². The minimum atomic E-state index is -0.0642. The number of aromatic nitrogens is 2. The molecule has 1 aromatic carbocycles. The van der Waals surface area contributed by atoms with Crippen LogP contribution in [0.3, 0.4) is 0 Å². The van der Waals surface area contributed by atoms with Gasteiger partial charge < -0.3 is 15.5 Å². The number of anilines is 2. The molecule has 7 nitrogen and oxygen atoms in total. The normalized spacial score (nSPS) is 16.8. The molecule has 1 aliphatic carbocycles. The van der Waals surface area contributed by atoms with E-state index in [1.807, 2.05) is 44.2 Å². The van der Waals surface area contributed by atoms with E-state index in [-0.39, 0.29) is 23.5 Å². The molecule has 2 aliphatic rings. The lowest BCUT2D eigenvalue weighted by Crippen LogP contribution is -2.41. The van der Waals surface area contributed by atoms with Crippen LogP contribution in [0.1, 0.15) is 36.8 Å². The third kappa shape index (κ3) is 5.97. The molecule has 2 aromatic rings. The summed E-state index contributed by atoms with van der Waals surface area (Å²) >= 11 is 1.37. The van der Waals surface area contributed by atoms with Gasteiger partial charge in [-0.05, 0) is 74.9 Å². The number of benzene rings is 1. The molecule has 2 amide bonds. The summed E-state index contributed by atoms with van der Waals surface area (Å²) in [4.78, 5) is 26.6. The van der Waals surface area contributed by atoms with E-state index in [4.69, 9.17) is 0 Å². The van der Waals surface area contributed by atoms with Crippen LogP contribution < -0.4 is 15.5 Å². The molecule has 1 aliphatic heterocycles. The Labute approximate surface area is 187 Å². The number of carbonyl (C=O) groups is 2. The highest BCUT2D eigenvalue weighted by atomic mass is 32.2. The molecule has 164 valence electrons. The van der Waals surface area contributed by atoms with Crippen LogP contribution in [-0.4, -0.2) is 46.9 Å². The highest BCUT2D eigenvalue weighted by Crippen LogP contribution is 2.25. The average molecular weight is 440 g/mol. The Hall–Kier alpha value is -2.61. The molecule has 0 bridgehead atoms. The van der Waals surface area contributed by atoms with Gasteiger partial charge in [-0.15, -0.1) is 10.2 Å². The SMILES string of the molecule is Cc1ccc(NC(=O)CSc2ccc(N3CCC(C(=O)NC4CC4)CC3)nn2)cc1C. The lowest BCUT2D eigenvalue weighted by atomic mass is 9.96. The molecule has 2 N–H and O–H groups in total. The van der Waals surface area contributed by atoms with Gasteiger partial charge in [0.1, 0.15) is 5.03 Å². The zero-order valence-electron chi connectivity index (χ0n) is 18.1. The summed E-state index contributed by atoms with van der Waals surface area (Å²) in [5.41, 5.74) is 3.16. The number of nitrogens with zero attached hydrogens (tertiary/aromatic N) is 3. The van der Waals surface area contributed by atoms with Crippen molar-refractivity contribution in [1.29, 1.82) is 0 Å². The monoisotopic (exact) mass is 439 g/mol. The van der Waals surface area contributed by atoms with Crippen molar-refractivity contribution in [1.82, 2.24) is 15.5 Å². The Kier molecular flexibility index (Phi) is 6.75. The van der Waals surface area contributed by atoms with Crippen molar-refractivity contribution >= 4 is 35.1 Å². The third-order valence-corrected chi connectivity index (χ3v) is 6.80. The predicted octanol–water partition coefficient (Wildman–Crippen LogP) is 3.32. The first-order valence-electron chi connectivity index (χ1n) is 10.9. The molecule has 0 atom stereocenters. The van der Waals surface area contributed by atoms with Crippen LogP contribution in [0, 0.1) is 19.8 Å². The van der Waals surface area contributed by atoms with Crippen LogP contribution in [0.4, 0.5) is 11.5 Å². The van der Waals surface area contributed by atoms with Crippen molar-refractivity contribution in [3.8, 4) is 0 Å². The van der Waals surface area contributed by atoms with Gasteiger partial charge in [-0.1, -0.05) is 17.8 Å². The van der Waals surface area contributed by atoms with Crippen molar-refractivity contribution in [3.63, 3.8) is 0 Å². The first-order chi connectivity index (χ1) is 15.0. The maximum absolute atomic E-state index is 12.2. The number of hydrogen-bond donors (Lipinski definition) is 2. The molecule has 0 radical (unpaired) electrons. The third-order valence-electron chi connectivity index (χ3n) is 5.88. The van der Waals surface area contributed by atoms with Crippen LogP contribution in [-0.2, 0) is 9.59 Å². The van der Waals surface area contributed by atoms with Crippen LogP contribution in [0.25, 0.3) is 0 Å². The largest absolute Gasteiger partial charge is 0.355 e. The molecular formula is C23H29N5O2S. The molecule has 1 aromatic heterocycles. The Bertz CT molecular complexity index is 937. The molecule has 1 saturated carbocycles. The highest BCUT2D eigenvalue weighted by Gasteiger charge is 2.30. The number of thioether (sulfide) groups is 1. The Morgan fingerprint density at radius 1 is 1.03 bits per heavy atom. The van der Waals surface area contributed by atoms with Gasteiger partial charge in [0.2, 0.25) is 11.8 Å². The molecular weight excluding hydrogens is 410 g/mol. The maximum Gasteiger partial charge on any atom is 0.234 e. The van der Waals surface area contributed by atoms with E-state index in [9.17, 15) is 9.59 Å². The van der Waals surface area contributed by atoms with E-state index in [0.717, 1.165) is 60.9 Å². The quantitative estimate of drug-likeness (QED) is 0.644. The minimum Gasteiger partial charge on any atom is -0.355 e. The summed E-state index contributed by atoms with van der Waals surface area (Å²) in [6.07, 6.45) is 3.93. The van der Waals surface area contributed by atoms with E-state index in [2.05, 4.69) is 25.7 Å². The summed E-state index contributed by atoms with van der Waals surface area (Å²) < 4.78 is 0. The summed E-state index contributed by atoms with van der Waals surface area (Å²) in [5, 5.41) is 15.4. The zero-order valence-corrected chi connectivity index (χ0v) is 18.9. The van der Waals surface area contributed by atoms with Gasteiger partial charge in [0.15, 0.2) is 5.82 Å². The van der Waals surface area contributed by atoms with E-state index in [0.29, 0.717) is 6.04 Å². The number of amides is 2. The van der Waals surface area contributed by atoms with Gasteiger partial charge >= 0.3 is 0 Å². The van der Waals surface area contributed by atoms with Crippen LogP contribution in [0.5, 0.6) is 0 Å². The first kappa shape index (κ1) is 21.6. The number of rotatable bonds is 7. The predicted molar refractivity (Wildman–Crippen MR) is 123 cm³/mol. The molecule has 0 unspecified atom stereocenters. The van der Waals surface area contributed by atoms with E-state index in [1.165, 1.54) is 17.3 Å². The standard InChI is InChI=1S/C23H29N5O2S/c1-15-3-4-19(13-16(15)2)24-21(29)14-31-22-8-7-20(26-27-22)28-11-9-17(10-12-28)23(30)25-18-5-6-18/h3-4,7-8,13,17-18H,5-6,9-12,14H2,1-2H3,(H,24,29)(H,25,30). The Morgan fingerprint density at radius 2 is 1.81 bits per heavy atom. The number of nitrogens with one attached hydrogen (secondary N) is 2. The fraction of sp³-hybridized carbons (Fsp3) is 0.478. The Balaban J connectivity index is 1.22. The lowest BCUT2D eigenvalue weighted by molar-refractivity contribution is -0.125. The topological polar surface area (TPSA) is 87.2 Å². The van der Waals surface area contributed by atoms with Gasteiger partial charge in [-0.3, -0.25) is 9.59 Å². The van der Waals surface area contributed by atoms with Gasteiger partial charge in [0.05, 0.1) is 5.75 Å². The number of aryl methyl sites for hydroxylation is 2. The fourth-order valence-electron chi connectivity index (χ4n) is 3.63. The number of hydrogen-bond acceptors (Lipinski definition) is 6. The number of piperidine rings is 1. The fourth-order valence-corrected chi connectivity index (χ4v) is 4.25. The van der Waals surface area contributed by atoms with Crippen LogP contribution >= 0.6 is 11.8 Å². The van der Waals surface area contributed by atoms with E-state index < -0.39 is 0 Å².